The molecule has 3 atom stereocenters. The predicted molar refractivity (Wildman–Crippen MR) is 167 cm³/mol. The fourth-order valence-corrected chi connectivity index (χ4v) is 4.40. The molecular formula is C31H42N3O14TaTbY-. The number of hydrogen-bond donors (Lipinski definition) is 6. The van der Waals surface area contributed by atoms with Gasteiger partial charge in [-0.25, -0.2) is 9.59 Å². The first kappa shape index (κ1) is 51.9. The van der Waals surface area contributed by atoms with Crippen molar-refractivity contribution in [3.8, 4) is 5.75 Å². The van der Waals surface area contributed by atoms with Crippen LogP contribution in [0, 0.1) is 38.6 Å². The van der Waals surface area contributed by atoms with Gasteiger partial charge in [-0.2, -0.15) is 0 Å². The molecule has 3 radical (unpaired) electrons. The summed E-state index contributed by atoms with van der Waals surface area (Å²) in [6.07, 6.45) is -4.37. The van der Waals surface area contributed by atoms with Gasteiger partial charge in [0.25, 0.3) is 5.91 Å². The molecule has 283 valence electrons. The summed E-state index contributed by atoms with van der Waals surface area (Å²) in [5.74, 6) is -1.75. The number of amides is 2. The van der Waals surface area contributed by atoms with Crippen LogP contribution >= 0.6 is 0 Å². The number of ether oxygens (including phenoxy) is 6. The average molecular weight is 1110 g/mol. The van der Waals surface area contributed by atoms with Crippen molar-refractivity contribution in [1.82, 2.24) is 10.6 Å². The smallest absolute Gasteiger partial charge is 0.411 e. The molecule has 1 fully saturated rings. The van der Waals surface area contributed by atoms with E-state index in [0.717, 1.165) is 0 Å². The van der Waals surface area contributed by atoms with E-state index in [-0.39, 0.29) is 162 Å². The molecule has 1 aliphatic rings. The number of carboxylic acids is 1. The normalized spacial score (nSPS) is 16.0. The molecule has 0 aromatic heterocycles. The van der Waals surface area contributed by atoms with Crippen molar-refractivity contribution in [2.24, 2.45) is 0 Å². The number of aliphatic hydroxyl groups is 2. The Labute approximate surface area is 366 Å². The Balaban J connectivity index is 0. The number of benzene rings is 2. The molecule has 17 nitrogen and oxygen atoms in total. The van der Waals surface area contributed by atoms with E-state index in [9.17, 15) is 34.5 Å². The van der Waals surface area contributed by atoms with Crippen molar-refractivity contribution in [3.05, 3.63) is 58.7 Å². The summed E-state index contributed by atoms with van der Waals surface area (Å²) in [6, 6.07) is 9.07. The summed E-state index contributed by atoms with van der Waals surface area (Å²) >= 11 is 0. The number of hydrogen-bond acceptors (Lipinski definition) is 13. The number of aliphatic hydroxyl groups excluding tert-OH is 2. The second kappa shape index (κ2) is 29.2. The van der Waals surface area contributed by atoms with Crippen molar-refractivity contribution >= 4 is 30.1 Å². The average Bonchev–Trinajstić information content (AvgIpc) is 3.06. The van der Waals surface area contributed by atoms with Crippen LogP contribution in [-0.4, -0.2) is 110 Å². The maximum absolute atomic E-state index is 13.2. The van der Waals surface area contributed by atoms with Gasteiger partial charge in [0, 0.05) is 125 Å². The number of rotatable bonds is 20. The van der Waals surface area contributed by atoms with Crippen LogP contribution in [0.4, 0.5) is 10.5 Å². The predicted octanol–water partition coefficient (Wildman–Crippen LogP) is -0.00650. The van der Waals surface area contributed by atoms with Crippen LogP contribution in [0.2, 0.25) is 0 Å². The van der Waals surface area contributed by atoms with E-state index in [1.165, 1.54) is 24.7 Å². The van der Waals surface area contributed by atoms with Gasteiger partial charge in [-0.15, -0.1) is 0 Å². The van der Waals surface area contributed by atoms with Gasteiger partial charge in [0.2, 0.25) is 6.29 Å². The minimum Gasteiger partial charge on any atom is -0.650 e. The Kier molecular flexibility index (Phi) is 29.7. The van der Waals surface area contributed by atoms with Crippen LogP contribution < -0.4 is 20.7 Å². The molecule has 0 spiro atoms. The number of anilines is 1. The van der Waals surface area contributed by atoms with Crippen molar-refractivity contribution in [1.29, 1.82) is 0 Å². The fraction of sp³-hybridized carbons (Fsp3) is 0.484. The van der Waals surface area contributed by atoms with E-state index in [1.807, 2.05) is 7.05 Å². The van der Waals surface area contributed by atoms with E-state index in [1.54, 1.807) is 18.2 Å². The van der Waals surface area contributed by atoms with Crippen LogP contribution in [0.3, 0.4) is 0 Å². The molecule has 3 unspecified atom stereocenters. The topological polar surface area (TPSA) is 252 Å². The van der Waals surface area contributed by atoms with Crippen molar-refractivity contribution < 1.29 is 162 Å². The first-order valence-electron chi connectivity index (χ1n) is 14.8. The second-order valence-corrected chi connectivity index (χ2v) is 10.3. The first-order chi connectivity index (χ1) is 22.7. The zero-order valence-corrected chi connectivity index (χ0v) is 35.9. The van der Waals surface area contributed by atoms with Gasteiger partial charge in [0.1, 0.15) is 12.4 Å². The molecule has 20 heteroatoms. The van der Waals surface area contributed by atoms with Gasteiger partial charge in [-0.3, -0.25) is 10.1 Å². The largest absolute Gasteiger partial charge is 0.650 e. The molecule has 2 amide bonds. The molecule has 51 heavy (non-hydrogen) atoms. The third-order valence-corrected chi connectivity index (χ3v) is 6.74. The van der Waals surface area contributed by atoms with Gasteiger partial charge < -0.3 is 64.6 Å². The van der Waals surface area contributed by atoms with Crippen molar-refractivity contribution in [2.75, 3.05) is 51.9 Å². The van der Waals surface area contributed by atoms with Crippen LogP contribution in [0.1, 0.15) is 39.9 Å². The van der Waals surface area contributed by atoms with Gasteiger partial charge >= 0.3 is 12.1 Å². The molecule has 2 aromatic rings. The van der Waals surface area contributed by atoms with Gasteiger partial charge in [0.15, 0.2) is 6.10 Å². The molecule has 1 aliphatic heterocycles. The zero-order valence-electron chi connectivity index (χ0n) is 27.8. The summed E-state index contributed by atoms with van der Waals surface area (Å²) in [4.78, 5) is 47.8. The van der Waals surface area contributed by atoms with Crippen LogP contribution in [0.5, 0.6) is 5.75 Å². The molecule has 0 bridgehead atoms. The van der Waals surface area contributed by atoms with Gasteiger partial charge in [-0.05, 0) is 42.4 Å². The van der Waals surface area contributed by atoms with E-state index < -0.39 is 36.5 Å². The van der Waals surface area contributed by atoms with E-state index in [4.69, 9.17) is 23.7 Å². The van der Waals surface area contributed by atoms with Crippen LogP contribution in [0.25, 0.3) is 0 Å². The Morgan fingerprint density at radius 1 is 0.980 bits per heavy atom. The maximum Gasteiger partial charge on any atom is 0.411 e. The Morgan fingerprint density at radius 2 is 1.67 bits per heavy atom. The number of nitrogens with one attached hydrogen (secondary N) is 3. The second-order valence-electron chi connectivity index (χ2n) is 10.3. The minimum atomic E-state index is -1.28. The first-order valence-corrected chi connectivity index (χ1v) is 14.8. The van der Waals surface area contributed by atoms with Gasteiger partial charge in [0.05, 0.1) is 57.0 Å². The Bertz CT molecular complexity index is 1350. The zero-order chi connectivity index (χ0) is 34.0. The number of likely N-dealkylation sites (N-methyl/N-ethyl adjacent to an activating group) is 1. The quantitative estimate of drug-likeness (QED) is 0.0755. The summed E-state index contributed by atoms with van der Waals surface area (Å²) in [5.41, 5.74) is 1.68. The van der Waals surface area contributed by atoms with Crippen LogP contribution in [-0.2, 0) is 108 Å². The number of carbonyl (C=O) groups is 3. The summed E-state index contributed by atoms with van der Waals surface area (Å²) in [5, 5.41) is 37.1. The number of carboxylic acid groups (broad SMARTS) is 1. The fourth-order valence-electron chi connectivity index (χ4n) is 4.40. The summed E-state index contributed by atoms with van der Waals surface area (Å²) < 4.78 is 32.2. The molecule has 0 saturated carbocycles. The van der Waals surface area contributed by atoms with E-state index >= 15 is 0 Å². The standard InChI is InChI=1S/C31H40N3O13.H2O.Ta.Tb.Y/c1-32-6-8-42-10-11-43-9-7-33-29(38)24-13-21(3-5-26(24)46-28-15-23(37)14-27(47-28)30(39)40)17-45-31(41)34-25-4-2-20(16-35)12-22(25)18-44-19-36;;;;/h2-5,12-13,23,27-28,32,35,37H,6-11,14-18H2,1H3,(H,33,38)(H,34,41)(H,39,40);1H2;;;/q-1;;;;. The molecule has 8 N–H and O–H groups in total. The number of carbonyl (C=O) groups excluding carboxylic acids is 3. The molecular weight excluding hydrogens is 1070 g/mol. The van der Waals surface area contributed by atoms with Crippen molar-refractivity contribution in [2.45, 2.75) is 51.2 Å². The molecule has 2 aromatic carbocycles. The summed E-state index contributed by atoms with van der Waals surface area (Å²) in [7, 11) is 1.82. The van der Waals surface area contributed by atoms with Gasteiger partial charge in [-0.1, -0.05) is 18.6 Å². The summed E-state index contributed by atoms with van der Waals surface area (Å²) in [6.45, 7) is 2.94. The maximum atomic E-state index is 13.2. The Hall–Kier alpha value is -1.23. The Morgan fingerprint density at radius 3 is 2.31 bits per heavy atom. The minimum absolute atomic E-state index is 0. The van der Waals surface area contributed by atoms with Crippen LogP contribution in [0.15, 0.2) is 36.4 Å². The third-order valence-electron chi connectivity index (χ3n) is 6.74. The molecule has 3 rings (SSSR count). The third kappa shape index (κ3) is 19.1. The van der Waals surface area contributed by atoms with E-state index in [2.05, 4.69) is 20.7 Å². The van der Waals surface area contributed by atoms with E-state index in [0.29, 0.717) is 43.1 Å². The monoisotopic (exact) mass is 1110 g/mol. The molecule has 1 saturated heterocycles. The molecule has 1 heterocycles. The van der Waals surface area contributed by atoms with Crippen molar-refractivity contribution in [3.63, 3.8) is 0 Å². The molecule has 0 aliphatic carbocycles. The SMILES string of the molecule is CNCCOCCOCCNC(=O)c1cc(COC(=O)Nc2ccc(CO)cc2CO[C-]=O)ccc1OC1CC(O)CC(C(=O)O)O1.O.[Ta].[Tb].[Y]. The number of aliphatic carboxylic acids is 1.